The van der Waals surface area contributed by atoms with E-state index in [1.165, 1.54) is 6.92 Å². The lowest BCUT2D eigenvalue weighted by atomic mass is 10.2. The fraction of sp³-hybridized carbons (Fsp3) is 0.556. The predicted molar refractivity (Wildman–Crippen MR) is 49.0 cm³/mol. The molecule has 1 amide bonds. The van der Waals surface area contributed by atoms with Gasteiger partial charge < -0.3 is 9.84 Å². The highest BCUT2D eigenvalue weighted by atomic mass is 19.3. The number of hydrogen-bond acceptors (Lipinski definition) is 3. The normalized spacial score (nSPS) is 22.9. The first-order chi connectivity index (χ1) is 7.23. The van der Waals surface area contributed by atoms with Crippen LogP contribution in [0.1, 0.15) is 13.3 Å². The van der Waals surface area contributed by atoms with Gasteiger partial charge in [0, 0.05) is 6.42 Å². The summed E-state index contributed by atoms with van der Waals surface area (Å²) in [5.74, 6) is -4.66. The molecule has 0 aromatic carbocycles. The highest BCUT2D eigenvalue weighted by Gasteiger charge is 2.50. The number of carboxylic acids is 1. The van der Waals surface area contributed by atoms with Gasteiger partial charge in [-0.3, -0.25) is 4.90 Å². The number of rotatable bonds is 2. The predicted octanol–water partition coefficient (Wildman–Crippen LogP) is 1.45. The number of halogens is 2. The van der Waals surface area contributed by atoms with Crippen LogP contribution in [-0.4, -0.2) is 40.6 Å². The molecule has 0 bridgehead atoms. The van der Waals surface area contributed by atoms with Gasteiger partial charge in [-0.05, 0) is 6.92 Å². The fourth-order valence-electron chi connectivity index (χ4n) is 1.44. The van der Waals surface area contributed by atoms with Crippen LogP contribution >= 0.6 is 0 Å². The second-order valence-corrected chi connectivity index (χ2v) is 3.61. The summed E-state index contributed by atoms with van der Waals surface area (Å²) in [6, 6.07) is -1.55. The first-order valence-corrected chi connectivity index (χ1v) is 4.47. The fourth-order valence-corrected chi connectivity index (χ4v) is 1.44. The summed E-state index contributed by atoms with van der Waals surface area (Å²) in [4.78, 5) is 22.5. The van der Waals surface area contributed by atoms with Crippen molar-refractivity contribution in [1.29, 1.82) is 0 Å². The number of carbonyl (C=O) groups is 2. The summed E-state index contributed by atoms with van der Waals surface area (Å²) in [6.45, 7) is 3.68. The van der Waals surface area contributed by atoms with Gasteiger partial charge >= 0.3 is 12.1 Å². The molecule has 1 rings (SSSR count). The van der Waals surface area contributed by atoms with Gasteiger partial charge in [0.25, 0.3) is 5.92 Å². The van der Waals surface area contributed by atoms with Crippen molar-refractivity contribution in [3.63, 3.8) is 0 Å². The maximum Gasteiger partial charge on any atom is 0.415 e. The van der Waals surface area contributed by atoms with Crippen molar-refractivity contribution in [3.05, 3.63) is 12.3 Å². The van der Waals surface area contributed by atoms with Gasteiger partial charge in [-0.2, -0.15) is 0 Å². The van der Waals surface area contributed by atoms with E-state index in [0.717, 1.165) is 0 Å². The molecule has 0 spiro atoms. The summed E-state index contributed by atoms with van der Waals surface area (Å²) < 4.78 is 30.4. The second-order valence-electron chi connectivity index (χ2n) is 3.61. The van der Waals surface area contributed by atoms with Gasteiger partial charge in [-0.1, -0.05) is 6.58 Å². The highest BCUT2D eigenvalue weighted by Crippen LogP contribution is 2.32. The van der Waals surface area contributed by atoms with E-state index in [9.17, 15) is 18.4 Å². The van der Waals surface area contributed by atoms with Crippen molar-refractivity contribution < 1.29 is 28.2 Å². The summed E-state index contributed by atoms with van der Waals surface area (Å²) in [5.41, 5.74) is 0. The molecule has 1 aliphatic rings. The lowest BCUT2D eigenvalue weighted by Gasteiger charge is -2.19. The Hall–Kier alpha value is -1.66. The van der Waals surface area contributed by atoms with Gasteiger partial charge in [0.2, 0.25) is 0 Å². The summed E-state index contributed by atoms with van der Waals surface area (Å²) in [5, 5.41) is 8.69. The molecule has 0 radical (unpaired) electrons. The topological polar surface area (TPSA) is 66.8 Å². The molecule has 1 fully saturated rings. The summed E-state index contributed by atoms with van der Waals surface area (Å²) in [7, 11) is 0. The van der Waals surface area contributed by atoms with Gasteiger partial charge in [-0.15, -0.1) is 0 Å². The van der Waals surface area contributed by atoms with Crippen LogP contribution < -0.4 is 0 Å². The van der Waals surface area contributed by atoms with Crippen LogP contribution in [0.5, 0.6) is 0 Å². The standard InChI is InChI=1S/C9H11F2NO4/c1-5(2)16-8(15)12-4-9(10,11)3-6(12)7(13)14/h6H,1,3-4H2,2H3,(H,13,14). The average molecular weight is 235 g/mol. The third-order valence-electron chi connectivity index (χ3n) is 2.05. The first-order valence-electron chi connectivity index (χ1n) is 4.47. The number of hydrogen-bond donors (Lipinski definition) is 1. The summed E-state index contributed by atoms with van der Waals surface area (Å²) in [6.07, 6.45) is -2.01. The minimum atomic E-state index is -3.20. The Morgan fingerprint density at radius 2 is 2.12 bits per heavy atom. The molecular weight excluding hydrogens is 224 g/mol. The van der Waals surface area contributed by atoms with Crippen LogP contribution in [0, 0.1) is 0 Å². The van der Waals surface area contributed by atoms with Gasteiger partial charge in [0.1, 0.15) is 6.04 Å². The SMILES string of the molecule is C=C(C)OC(=O)N1CC(F)(F)CC1C(=O)O. The van der Waals surface area contributed by atoms with Crippen molar-refractivity contribution in [2.45, 2.75) is 25.3 Å². The van der Waals surface area contributed by atoms with Crippen molar-refractivity contribution in [2.24, 2.45) is 0 Å². The third kappa shape index (κ3) is 2.68. The zero-order valence-corrected chi connectivity index (χ0v) is 8.57. The summed E-state index contributed by atoms with van der Waals surface area (Å²) >= 11 is 0. The molecule has 5 nitrogen and oxygen atoms in total. The van der Waals surface area contributed by atoms with Gasteiger partial charge in [-0.25, -0.2) is 18.4 Å². The molecule has 1 unspecified atom stereocenters. The molecule has 1 heterocycles. The number of likely N-dealkylation sites (tertiary alicyclic amines) is 1. The molecule has 16 heavy (non-hydrogen) atoms. The molecule has 0 saturated carbocycles. The molecule has 7 heteroatoms. The van der Waals surface area contributed by atoms with Crippen LogP contribution in [0.2, 0.25) is 0 Å². The molecule has 1 N–H and O–H groups in total. The first kappa shape index (κ1) is 12.4. The largest absolute Gasteiger partial charge is 0.480 e. The zero-order valence-electron chi connectivity index (χ0n) is 8.57. The number of nitrogens with zero attached hydrogens (tertiary/aromatic N) is 1. The quantitative estimate of drug-likeness (QED) is 0.735. The maximum atomic E-state index is 13.0. The second kappa shape index (κ2) is 4.07. The Bertz CT molecular complexity index is 342. The average Bonchev–Trinajstić information content (AvgIpc) is 2.40. The number of amides is 1. The minimum absolute atomic E-state index is 0.0179. The number of allylic oxidation sites excluding steroid dienone is 1. The Kier molecular flexibility index (Phi) is 3.16. The van der Waals surface area contributed by atoms with E-state index in [1.807, 2.05) is 0 Å². The van der Waals surface area contributed by atoms with Crippen LogP contribution in [-0.2, 0) is 9.53 Å². The van der Waals surface area contributed by atoms with Crippen LogP contribution in [0.3, 0.4) is 0 Å². The van der Waals surface area contributed by atoms with Crippen molar-refractivity contribution in [3.8, 4) is 0 Å². The maximum absolute atomic E-state index is 13.0. The number of carbonyl (C=O) groups excluding carboxylic acids is 1. The monoisotopic (exact) mass is 235 g/mol. The van der Waals surface area contributed by atoms with E-state index in [-0.39, 0.29) is 5.76 Å². The number of carboxylic acid groups (broad SMARTS) is 1. The van der Waals surface area contributed by atoms with Crippen LogP contribution in [0.15, 0.2) is 12.3 Å². The van der Waals surface area contributed by atoms with Crippen molar-refractivity contribution >= 4 is 12.1 Å². The number of alkyl halides is 2. The van der Waals surface area contributed by atoms with E-state index in [1.54, 1.807) is 0 Å². The smallest absolute Gasteiger partial charge is 0.415 e. The molecular formula is C9H11F2NO4. The van der Waals surface area contributed by atoms with E-state index < -0.39 is 37.0 Å². The highest BCUT2D eigenvalue weighted by molar-refractivity contribution is 5.81. The molecule has 1 aliphatic heterocycles. The van der Waals surface area contributed by atoms with E-state index >= 15 is 0 Å². The van der Waals surface area contributed by atoms with E-state index in [0.29, 0.717) is 4.90 Å². The molecule has 90 valence electrons. The Labute approximate surface area is 90.3 Å². The molecule has 0 aromatic rings. The van der Waals surface area contributed by atoms with Gasteiger partial charge in [0.05, 0.1) is 12.3 Å². The van der Waals surface area contributed by atoms with E-state index in [2.05, 4.69) is 11.3 Å². The lowest BCUT2D eigenvalue weighted by Crippen LogP contribution is -2.40. The van der Waals surface area contributed by atoms with Crippen LogP contribution in [0.4, 0.5) is 13.6 Å². The van der Waals surface area contributed by atoms with Crippen molar-refractivity contribution in [2.75, 3.05) is 6.54 Å². The van der Waals surface area contributed by atoms with E-state index in [4.69, 9.17) is 5.11 Å². The number of aliphatic carboxylic acids is 1. The molecule has 1 saturated heterocycles. The molecule has 1 atom stereocenters. The number of ether oxygens (including phenoxy) is 1. The zero-order chi connectivity index (χ0) is 12.5. The molecule has 0 aromatic heterocycles. The Morgan fingerprint density at radius 3 is 2.56 bits per heavy atom. The third-order valence-corrected chi connectivity index (χ3v) is 2.05. The Morgan fingerprint density at radius 1 is 1.56 bits per heavy atom. The minimum Gasteiger partial charge on any atom is -0.480 e. The lowest BCUT2D eigenvalue weighted by molar-refractivity contribution is -0.141. The van der Waals surface area contributed by atoms with Gasteiger partial charge in [0.15, 0.2) is 0 Å². The van der Waals surface area contributed by atoms with Crippen molar-refractivity contribution in [1.82, 2.24) is 4.90 Å². The Balaban J connectivity index is 2.81. The van der Waals surface area contributed by atoms with Crippen LogP contribution in [0.25, 0.3) is 0 Å². The molecule has 0 aliphatic carbocycles.